The highest BCUT2D eigenvalue weighted by atomic mass is 31.1. The Morgan fingerprint density at radius 1 is 1.05 bits per heavy atom. The molecule has 0 fully saturated rings. The summed E-state index contributed by atoms with van der Waals surface area (Å²) in [5.74, 6) is -0.349. The summed E-state index contributed by atoms with van der Waals surface area (Å²) < 4.78 is 11.9. The van der Waals surface area contributed by atoms with Crippen LogP contribution in [0.25, 0.3) is 0 Å². The molecule has 2 rings (SSSR count). The molecule has 0 heterocycles. The lowest BCUT2D eigenvalue weighted by atomic mass is 10.1. The predicted octanol–water partition coefficient (Wildman–Crippen LogP) is 4.94. The molecule has 2 aromatic rings. The van der Waals surface area contributed by atoms with E-state index in [1.54, 1.807) is 0 Å². The van der Waals surface area contributed by atoms with E-state index in [2.05, 4.69) is 24.0 Å². The molecule has 0 aliphatic carbocycles. The smallest absolute Gasteiger partial charge is 0.321 e. The van der Waals surface area contributed by atoms with Gasteiger partial charge in [0.25, 0.3) is 5.78 Å². The molecule has 0 aromatic heterocycles. The number of anilines is 1. The van der Waals surface area contributed by atoms with Crippen molar-refractivity contribution in [3.63, 3.8) is 0 Å². The highest BCUT2D eigenvalue weighted by Gasteiger charge is 2.35. The van der Waals surface area contributed by atoms with Gasteiger partial charge in [0.15, 0.2) is 0 Å². The molecule has 1 N–H and O–H groups in total. The maximum absolute atomic E-state index is 11.9. The third kappa shape index (κ3) is 4.66. The monoisotopic (exact) mass is 316 g/mol. The SMILES string of the molecule is CCCCC(N(Cc1ccccc1)c1ccccc1)[P+](=O)O. The fourth-order valence-corrected chi connectivity index (χ4v) is 3.40. The van der Waals surface area contributed by atoms with Gasteiger partial charge in [-0.2, -0.15) is 4.89 Å². The first-order chi connectivity index (χ1) is 10.7. The van der Waals surface area contributed by atoms with E-state index >= 15 is 0 Å². The predicted molar refractivity (Wildman–Crippen MR) is 92.2 cm³/mol. The number of hydrogen-bond donors (Lipinski definition) is 1. The zero-order valence-corrected chi connectivity index (χ0v) is 13.8. The third-order valence-corrected chi connectivity index (χ3v) is 4.76. The van der Waals surface area contributed by atoms with Gasteiger partial charge in [-0.15, -0.1) is 0 Å². The summed E-state index contributed by atoms with van der Waals surface area (Å²) in [7, 11) is -2.26. The van der Waals surface area contributed by atoms with Crippen LogP contribution in [0.15, 0.2) is 60.7 Å². The zero-order valence-electron chi connectivity index (χ0n) is 12.9. The van der Waals surface area contributed by atoms with E-state index in [-0.39, 0.29) is 5.78 Å². The molecular formula is C18H23NO2P+. The van der Waals surface area contributed by atoms with Crippen LogP contribution in [-0.2, 0) is 11.1 Å². The van der Waals surface area contributed by atoms with Crippen LogP contribution in [0, 0.1) is 0 Å². The van der Waals surface area contributed by atoms with Crippen molar-refractivity contribution in [3.05, 3.63) is 66.2 Å². The Morgan fingerprint density at radius 2 is 1.64 bits per heavy atom. The van der Waals surface area contributed by atoms with Gasteiger partial charge in [-0.3, -0.25) is 0 Å². The first-order valence-electron chi connectivity index (χ1n) is 7.73. The lowest BCUT2D eigenvalue weighted by molar-refractivity contribution is 0.473. The molecule has 2 atom stereocenters. The lowest BCUT2D eigenvalue weighted by Crippen LogP contribution is -2.32. The standard InChI is InChI=1S/C18H22NO2P/c1-2-3-14-18(22(20)21)19(17-12-8-5-9-13-17)15-16-10-6-4-7-11-16/h4-13,18H,2-3,14-15H2,1H3/p+1. The molecule has 0 spiro atoms. The van der Waals surface area contributed by atoms with Crippen molar-refractivity contribution < 1.29 is 9.46 Å². The van der Waals surface area contributed by atoms with Crippen LogP contribution in [0.3, 0.4) is 0 Å². The van der Waals surface area contributed by atoms with E-state index in [0.29, 0.717) is 6.54 Å². The first-order valence-corrected chi connectivity index (χ1v) is 9.01. The minimum atomic E-state index is -2.26. The maximum Gasteiger partial charge on any atom is 0.530 e. The summed E-state index contributed by atoms with van der Waals surface area (Å²) >= 11 is 0. The van der Waals surface area contributed by atoms with Gasteiger partial charge in [-0.25, -0.2) is 0 Å². The van der Waals surface area contributed by atoms with Crippen molar-refractivity contribution in [2.24, 2.45) is 0 Å². The van der Waals surface area contributed by atoms with Gasteiger partial charge >= 0.3 is 8.03 Å². The molecule has 0 aliphatic heterocycles. The van der Waals surface area contributed by atoms with Gasteiger partial charge in [-0.1, -0.05) is 61.9 Å². The fraction of sp³-hybridized carbons (Fsp3) is 0.333. The van der Waals surface area contributed by atoms with Crippen LogP contribution in [-0.4, -0.2) is 10.7 Å². The Labute approximate surface area is 133 Å². The lowest BCUT2D eigenvalue weighted by Gasteiger charge is -2.26. The molecular weight excluding hydrogens is 293 g/mol. The molecule has 116 valence electrons. The molecule has 0 bridgehead atoms. The molecule has 4 heteroatoms. The number of benzene rings is 2. The molecule has 3 nitrogen and oxygen atoms in total. The summed E-state index contributed by atoms with van der Waals surface area (Å²) in [4.78, 5) is 11.9. The fourth-order valence-electron chi connectivity index (χ4n) is 2.54. The average Bonchev–Trinajstić information content (AvgIpc) is 2.55. The number of nitrogens with zero attached hydrogens (tertiary/aromatic N) is 1. The van der Waals surface area contributed by atoms with Crippen LogP contribution in [0.2, 0.25) is 0 Å². The van der Waals surface area contributed by atoms with Gasteiger partial charge in [0, 0.05) is 18.7 Å². The van der Waals surface area contributed by atoms with Crippen LogP contribution in [0.5, 0.6) is 0 Å². The molecule has 0 saturated heterocycles. The van der Waals surface area contributed by atoms with Crippen molar-refractivity contribution in [3.8, 4) is 0 Å². The Hall–Kier alpha value is -1.70. The minimum Gasteiger partial charge on any atom is -0.321 e. The summed E-state index contributed by atoms with van der Waals surface area (Å²) in [5, 5.41) is 0. The van der Waals surface area contributed by atoms with Gasteiger partial charge in [-0.05, 0) is 28.7 Å². The van der Waals surface area contributed by atoms with Gasteiger partial charge in [0.1, 0.15) is 0 Å². The minimum absolute atomic E-state index is 0.349. The van der Waals surface area contributed by atoms with Crippen molar-refractivity contribution >= 4 is 13.7 Å². The zero-order chi connectivity index (χ0) is 15.8. The number of hydrogen-bond acceptors (Lipinski definition) is 2. The van der Waals surface area contributed by atoms with E-state index < -0.39 is 8.03 Å². The number of unbranched alkanes of at least 4 members (excludes halogenated alkanes) is 1. The van der Waals surface area contributed by atoms with Crippen LogP contribution < -0.4 is 4.90 Å². The summed E-state index contributed by atoms with van der Waals surface area (Å²) in [6.07, 6.45) is 2.70. The van der Waals surface area contributed by atoms with E-state index in [1.807, 2.05) is 48.5 Å². The molecule has 0 saturated carbocycles. The van der Waals surface area contributed by atoms with Gasteiger partial charge in [0.2, 0.25) is 0 Å². The Balaban J connectivity index is 2.29. The van der Waals surface area contributed by atoms with E-state index in [0.717, 1.165) is 30.5 Å². The quantitative estimate of drug-likeness (QED) is 0.701. The number of para-hydroxylation sites is 1. The van der Waals surface area contributed by atoms with Gasteiger partial charge in [0.05, 0.1) is 0 Å². The third-order valence-electron chi connectivity index (χ3n) is 3.71. The maximum atomic E-state index is 11.9. The molecule has 0 aliphatic rings. The van der Waals surface area contributed by atoms with E-state index in [9.17, 15) is 9.46 Å². The summed E-state index contributed by atoms with van der Waals surface area (Å²) in [6, 6.07) is 20.0. The van der Waals surface area contributed by atoms with E-state index in [1.165, 1.54) is 0 Å². The van der Waals surface area contributed by atoms with Crippen molar-refractivity contribution in [1.82, 2.24) is 0 Å². The highest BCUT2D eigenvalue weighted by Crippen LogP contribution is 2.34. The summed E-state index contributed by atoms with van der Waals surface area (Å²) in [6.45, 7) is 2.74. The van der Waals surface area contributed by atoms with Gasteiger partial charge < -0.3 is 4.90 Å². The topological polar surface area (TPSA) is 40.5 Å². The summed E-state index contributed by atoms with van der Waals surface area (Å²) in [5.41, 5.74) is 2.13. The molecule has 2 unspecified atom stereocenters. The van der Waals surface area contributed by atoms with Crippen molar-refractivity contribution in [2.75, 3.05) is 4.90 Å². The molecule has 22 heavy (non-hydrogen) atoms. The Kier molecular flexibility index (Phi) is 6.57. The molecule has 0 radical (unpaired) electrons. The van der Waals surface area contributed by atoms with Crippen LogP contribution in [0.1, 0.15) is 31.7 Å². The largest absolute Gasteiger partial charge is 0.530 e. The normalized spacial score (nSPS) is 12.7. The van der Waals surface area contributed by atoms with Crippen molar-refractivity contribution in [1.29, 1.82) is 0 Å². The van der Waals surface area contributed by atoms with E-state index in [4.69, 9.17) is 0 Å². The second-order valence-electron chi connectivity index (χ2n) is 5.37. The molecule has 0 amide bonds. The number of rotatable bonds is 8. The Bertz CT molecular complexity index is 574. The first kappa shape index (κ1) is 16.7. The Morgan fingerprint density at radius 3 is 2.18 bits per heavy atom. The van der Waals surface area contributed by atoms with Crippen LogP contribution >= 0.6 is 8.03 Å². The second-order valence-corrected chi connectivity index (χ2v) is 6.58. The van der Waals surface area contributed by atoms with Crippen LogP contribution in [0.4, 0.5) is 5.69 Å². The average molecular weight is 316 g/mol. The second kappa shape index (κ2) is 8.67. The van der Waals surface area contributed by atoms with Crippen molar-refractivity contribution in [2.45, 2.75) is 38.5 Å². The highest BCUT2D eigenvalue weighted by molar-refractivity contribution is 7.39. The molecule has 2 aromatic carbocycles.